The van der Waals surface area contributed by atoms with Crippen LogP contribution >= 0.6 is 12.4 Å². The Morgan fingerprint density at radius 2 is 2.05 bits per heavy atom. The van der Waals surface area contributed by atoms with Gasteiger partial charge in [-0.2, -0.15) is 0 Å². The van der Waals surface area contributed by atoms with Crippen LogP contribution in [0.4, 0.5) is 0 Å². The number of nitrogens with one attached hydrogen (secondary N) is 1. The van der Waals surface area contributed by atoms with Crippen LogP contribution in [0.5, 0.6) is 0 Å². The van der Waals surface area contributed by atoms with E-state index in [1.54, 1.807) is 0 Å². The quantitative estimate of drug-likeness (QED) is 0.897. The third kappa shape index (κ3) is 3.98. The summed E-state index contributed by atoms with van der Waals surface area (Å²) in [7, 11) is 0. The second kappa shape index (κ2) is 7.42. The third-order valence-electron chi connectivity index (χ3n) is 4.22. The Labute approximate surface area is 138 Å². The highest BCUT2D eigenvalue weighted by molar-refractivity contribution is 5.92. The first-order valence-corrected chi connectivity index (χ1v) is 8.08. The summed E-state index contributed by atoms with van der Waals surface area (Å²) in [5, 5.41) is 11.7. The number of carbonyl (C=O) groups excluding carboxylic acids is 1. The number of aromatic nitrogens is 3. The molecule has 0 aromatic carbocycles. The van der Waals surface area contributed by atoms with Gasteiger partial charge in [-0.15, -0.1) is 17.5 Å². The summed E-state index contributed by atoms with van der Waals surface area (Å²) in [5.41, 5.74) is 0.501. The Kier molecular flexibility index (Phi) is 5.81. The smallest absolute Gasteiger partial charge is 0.276 e. The number of rotatable bonds is 5. The van der Waals surface area contributed by atoms with E-state index in [2.05, 4.69) is 29.5 Å². The van der Waals surface area contributed by atoms with E-state index >= 15 is 0 Å². The molecule has 1 saturated carbocycles. The van der Waals surface area contributed by atoms with Crippen molar-refractivity contribution in [2.24, 2.45) is 5.92 Å². The van der Waals surface area contributed by atoms with Crippen LogP contribution in [-0.4, -0.2) is 51.5 Å². The van der Waals surface area contributed by atoms with Crippen LogP contribution < -0.4 is 5.32 Å². The highest BCUT2D eigenvalue weighted by Crippen LogP contribution is 2.29. The number of amides is 1. The van der Waals surface area contributed by atoms with Crippen molar-refractivity contribution in [2.75, 3.05) is 19.6 Å². The van der Waals surface area contributed by atoms with E-state index < -0.39 is 0 Å². The average Bonchev–Trinajstić information content (AvgIpc) is 3.21. The van der Waals surface area contributed by atoms with E-state index in [1.807, 2.05) is 15.8 Å². The monoisotopic (exact) mass is 327 g/mol. The molecule has 1 N–H and O–H groups in total. The van der Waals surface area contributed by atoms with Crippen molar-refractivity contribution in [3.05, 3.63) is 11.9 Å². The second-order valence-corrected chi connectivity index (χ2v) is 6.65. The minimum atomic E-state index is 0. The van der Waals surface area contributed by atoms with Crippen LogP contribution in [-0.2, 0) is 0 Å². The number of hydrogen-bond acceptors (Lipinski definition) is 4. The molecule has 124 valence electrons. The zero-order valence-corrected chi connectivity index (χ0v) is 14.2. The van der Waals surface area contributed by atoms with Crippen molar-refractivity contribution >= 4 is 18.3 Å². The van der Waals surface area contributed by atoms with Gasteiger partial charge in [-0.05, 0) is 44.7 Å². The second-order valence-electron chi connectivity index (χ2n) is 6.65. The minimum Gasteiger partial charge on any atom is -0.334 e. The van der Waals surface area contributed by atoms with Gasteiger partial charge in [-0.25, -0.2) is 4.68 Å². The molecule has 1 aliphatic heterocycles. The molecule has 2 heterocycles. The number of halogens is 1. The Bertz CT molecular complexity index is 494. The lowest BCUT2D eigenvalue weighted by atomic mass is 10.1. The molecule has 1 aromatic rings. The minimum absolute atomic E-state index is 0. The van der Waals surface area contributed by atoms with Crippen molar-refractivity contribution in [1.82, 2.24) is 25.2 Å². The molecule has 1 aliphatic carbocycles. The zero-order chi connectivity index (χ0) is 14.8. The number of carbonyl (C=O) groups is 1. The van der Waals surface area contributed by atoms with E-state index in [1.165, 1.54) is 0 Å². The predicted octanol–water partition coefficient (Wildman–Crippen LogP) is 1.88. The fraction of sp³-hybridized carbons (Fsp3) is 0.800. The predicted molar refractivity (Wildman–Crippen MR) is 87.3 cm³/mol. The molecule has 0 radical (unpaired) electrons. The maximum Gasteiger partial charge on any atom is 0.276 e. The van der Waals surface area contributed by atoms with Gasteiger partial charge in [0.05, 0.1) is 12.2 Å². The van der Waals surface area contributed by atoms with Gasteiger partial charge in [0.25, 0.3) is 5.91 Å². The van der Waals surface area contributed by atoms with Gasteiger partial charge in [-0.3, -0.25) is 4.79 Å². The molecule has 1 aromatic heterocycles. The molecule has 2 aliphatic rings. The molecule has 7 heteroatoms. The van der Waals surface area contributed by atoms with Gasteiger partial charge in [0.15, 0.2) is 5.69 Å². The highest BCUT2D eigenvalue weighted by Gasteiger charge is 2.34. The van der Waals surface area contributed by atoms with Crippen molar-refractivity contribution in [3.8, 4) is 0 Å². The molecular formula is C15H26ClN5O. The molecular weight excluding hydrogens is 302 g/mol. The van der Waals surface area contributed by atoms with Gasteiger partial charge < -0.3 is 10.2 Å². The molecule has 22 heavy (non-hydrogen) atoms. The van der Waals surface area contributed by atoms with E-state index in [0.29, 0.717) is 23.7 Å². The molecule has 0 unspecified atom stereocenters. The molecule has 3 rings (SSSR count). The normalized spacial score (nSPS) is 19.0. The first kappa shape index (κ1) is 17.2. The van der Waals surface area contributed by atoms with Gasteiger partial charge >= 0.3 is 0 Å². The standard InChI is InChI=1S/C15H25N5O.ClH/c1-11(2)9-19(12-3-4-12)15(21)14-10-20(18-17-14)13-5-7-16-8-6-13;/h10-13,16H,3-9H2,1-2H3;1H. The topological polar surface area (TPSA) is 63.1 Å². The summed E-state index contributed by atoms with van der Waals surface area (Å²) in [5.74, 6) is 0.528. The number of hydrogen-bond donors (Lipinski definition) is 1. The Morgan fingerprint density at radius 3 is 2.64 bits per heavy atom. The molecule has 1 amide bonds. The Morgan fingerprint density at radius 1 is 1.36 bits per heavy atom. The summed E-state index contributed by atoms with van der Waals surface area (Å²) < 4.78 is 1.88. The van der Waals surface area contributed by atoms with E-state index in [4.69, 9.17) is 0 Å². The first-order valence-electron chi connectivity index (χ1n) is 8.08. The van der Waals surface area contributed by atoms with Crippen LogP contribution in [0.1, 0.15) is 56.1 Å². The Balaban J connectivity index is 0.00000176. The molecule has 2 fully saturated rings. The van der Waals surface area contributed by atoms with E-state index in [0.717, 1.165) is 45.3 Å². The fourth-order valence-electron chi connectivity index (χ4n) is 2.95. The lowest BCUT2D eigenvalue weighted by Crippen LogP contribution is -2.36. The maximum absolute atomic E-state index is 12.7. The maximum atomic E-state index is 12.7. The zero-order valence-electron chi connectivity index (χ0n) is 13.4. The van der Waals surface area contributed by atoms with Crippen molar-refractivity contribution < 1.29 is 4.79 Å². The summed E-state index contributed by atoms with van der Waals surface area (Å²) in [6.07, 6.45) is 6.19. The molecule has 1 saturated heterocycles. The fourth-order valence-corrected chi connectivity index (χ4v) is 2.95. The molecule has 0 atom stereocenters. The van der Waals surface area contributed by atoms with Crippen LogP contribution in [0.15, 0.2) is 6.20 Å². The molecule has 0 spiro atoms. The molecule has 0 bridgehead atoms. The molecule has 6 nitrogen and oxygen atoms in total. The SMILES string of the molecule is CC(C)CN(C(=O)c1cn(C2CCNCC2)nn1)C1CC1.Cl. The van der Waals surface area contributed by atoms with Crippen molar-refractivity contribution in [2.45, 2.75) is 51.6 Å². The van der Waals surface area contributed by atoms with Crippen molar-refractivity contribution in [1.29, 1.82) is 0 Å². The van der Waals surface area contributed by atoms with Gasteiger partial charge in [0.2, 0.25) is 0 Å². The Hall–Kier alpha value is -1.14. The van der Waals surface area contributed by atoms with Crippen LogP contribution in [0, 0.1) is 5.92 Å². The third-order valence-corrected chi connectivity index (χ3v) is 4.22. The van der Waals surface area contributed by atoms with Crippen LogP contribution in [0.2, 0.25) is 0 Å². The summed E-state index contributed by atoms with van der Waals surface area (Å²) >= 11 is 0. The van der Waals surface area contributed by atoms with Gasteiger partial charge in [0.1, 0.15) is 0 Å². The van der Waals surface area contributed by atoms with E-state index in [-0.39, 0.29) is 18.3 Å². The summed E-state index contributed by atoms with van der Waals surface area (Å²) in [6, 6.07) is 0.795. The largest absolute Gasteiger partial charge is 0.334 e. The lowest BCUT2D eigenvalue weighted by molar-refractivity contribution is 0.0716. The summed E-state index contributed by atoms with van der Waals surface area (Å²) in [6.45, 7) is 7.12. The summed E-state index contributed by atoms with van der Waals surface area (Å²) in [4.78, 5) is 14.6. The number of nitrogens with zero attached hydrogens (tertiary/aromatic N) is 4. The average molecular weight is 328 g/mol. The van der Waals surface area contributed by atoms with Crippen molar-refractivity contribution in [3.63, 3.8) is 0 Å². The van der Waals surface area contributed by atoms with Crippen LogP contribution in [0.25, 0.3) is 0 Å². The number of piperidine rings is 1. The first-order chi connectivity index (χ1) is 10.1. The van der Waals surface area contributed by atoms with Gasteiger partial charge in [-0.1, -0.05) is 19.1 Å². The van der Waals surface area contributed by atoms with E-state index in [9.17, 15) is 4.79 Å². The van der Waals surface area contributed by atoms with Gasteiger partial charge in [0, 0.05) is 12.6 Å². The van der Waals surface area contributed by atoms with Crippen LogP contribution in [0.3, 0.4) is 0 Å². The highest BCUT2D eigenvalue weighted by atomic mass is 35.5. The lowest BCUT2D eigenvalue weighted by Gasteiger charge is -2.23.